The van der Waals surface area contributed by atoms with Crippen LogP contribution in [-0.4, -0.2) is 11.1 Å². The summed E-state index contributed by atoms with van der Waals surface area (Å²) in [6, 6.07) is 11.7. The van der Waals surface area contributed by atoms with Gasteiger partial charge in [0.25, 0.3) is 5.91 Å². The number of rotatable bonds is 5. The number of hydrogen-bond donors (Lipinski definition) is 2. The number of nitrogens with one attached hydrogen (secondary N) is 1. The molecule has 0 atom stereocenters. The minimum atomic E-state index is -0.446. The lowest BCUT2D eigenvalue weighted by molar-refractivity contribution is 0.0944. The lowest BCUT2D eigenvalue weighted by Gasteiger charge is -1.98. The monoisotopic (exact) mass is 263 g/mol. The summed E-state index contributed by atoms with van der Waals surface area (Å²) in [4.78, 5) is 11.2. The molecule has 0 fully saturated rings. The molecule has 0 bridgehead atoms. The molecular weight excluding hydrogens is 250 g/mol. The minimum Gasteiger partial charge on any atom is -0.360 e. The van der Waals surface area contributed by atoms with Crippen molar-refractivity contribution in [3.05, 3.63) is 53.4 Å². The molecule has 0 spiro atoms. The maximum atomic E-state index is 11.2. The molecular formula is C12H13N3O2S. The van der Waals surface area contributed by atoms with Crippen LogP contribution in [0.5, 0.6) is 0 Å². The Labute approximate surface area is 109 Å². The average molecular weight is 263 g/mol. The van der Waals surface area contributed by atoms with Crippen LogP contribution in [0.2, 0.25) is 0 Å². The highest BCUT2D eigenvalue weighted by molar-refractivity contribution is 7.97. The number of carbonyl (C=O) groups is 1. The number of benzene rings is 1. The van der Waals surface area contributed by atoms with Gasteiger partial charge in [0.05, 0.1) is 5.75 Å². The van der Waals surface area contributed by atoms with Crippen molar-refractivity contribution in [1.82, 2.24) is 10.6 Å². The highest BCUT2D eigenvalue weighted by Crippen LogP contribution is 2.18. The molecule has 1 aromatic carbocycles. The zero-order valence-electron chi connectivity index (χ0n) is 9.63. The van der Waals surface area contributed by atoms with Gasteiger partial charge in [-0.05, 0) is 5.56 Å². The molecule has 94 valence electrons. The third kappa shape index (κ3) is 3.35. The van der Waals surface area contributed by atoms with Crippen LogP contribution in [0.15, 0.2) is 40.9 Å². The summed E-state index contributed by atoms with van der Waals surface area (Å²) < 4.78 is 5.04. The maximum Gasteiger partial charge on any atom is 0.287 e. The lowest BCUT2D eigenvalue weighted by atomic mass is 10.2. The van der Waals surface area contributed by atoms with Crippen molar-refractivity contribution in [3.63, 3.8) is 0 Å². The molecule has 6 heteroatoms. The number of amides is 1. The van der Waals surface area contributed by atoms with Gasteiger partial charge < -0.3 is 4.52 Å². The molecule has 2 rings (SSSR count). The van der Waals surface area contributed by atoms with Crippen molar-refractivity contribution in [1.29, 1.82) is 0 Å². The van der Waals surface area contributed by atoms with E-state index in [-0.39, 0.29) is 5.69 Å². The fourth-order valence-corrected chi connectivity index (χ4v) is 2.27. The van der Waals surface area contributed by atoms with E-state index in [4.69, 9.17) is 10.4 Å². The van der Waals surface area contributed by atoms with Crippen molar-refractivity contribution >= 4 is 17.7 Å². The van der Waals surface area contributed by atoms with Crippen molar-refractivity contribution in [2.75, 3.05) is 0 Å². The van der Waals surface area contributed by atoms with Crippen molar-refractivity contribution in [2.45, 2.75) is 11.5 Å². The Bertz CT molecular complexity index is 513. The van der Waals surface area contributed by atoms with E-state index in [2.05, 4.69) is 17.3 Å². The van der Waals surface area contributed by atoms with Crippen LogP contribution < -0.4 is 11.3 Å². The molecule has 0 saturated carbocycles. The molecule has 0 aliphatic carbocycles. The highest BCUT2D eigenvalue weighted by Gasteiger charge is 2.10. The van der Waals surface area contributed by atoms with E-state index in [9.17, 15) is 4.79 Å². The maximum absolute atomic E-state index is 11.2. The summed E-state index contributed by atoms with van der Waals surface area (Å²) in [5.74, 6) is 6.77. The van der Waals surface area contributed by atoms with Gasteiger partial charge in [-0.25, -0.2) is 5.84 Å². The number of nitrogens with two attached hydrogens (primary N) is 1. The number of hydrogen-bond acceptors (Lipinski definition) is 5. The Hall–Kier alpha value is -1.79. The standard InChI is InChI=1S/C12H13N3O2S/c13-14-12(16)11-6-10(17-15-11)8-18-7-9-4-2-1-3-5-9/h1-6H,7-8,13H2,(H,14,16). The van der Waals surface area contributed by atoms with Gasteiger partial charge >= 0.3 is 0 Å². The van der Waals surface area contributed by atoms with E-state index in [1.54, 1.807) is 17.8 Å². The second kappa shape index (κ2) is 6.23. The van der Waals surface area contributed by atoms with Gasteiger partial charge in [-0.2, -0.15) is 0 Å². The number of thioether (sulfide) groups is 1. The first-order chi connectivity index (χ1) is 8.79. The van der Waals surface area contributed by atoms with Gasteiger partial charge in [0.15, 0.2) is 5.69 Å². The van der Waals surface area contributed by atoms with Crippen molar-refractivity contribution < 1.29 is 9.32 Å². The van der Waals surface area contributed by atoms with Crippen LogP contribution in [0, 0.1) is 0 Å². The summed E-state index contributed by atoms with van der Waals surface area (Å²) in [5, 5.41) is 3.63. The van der Waals surface area contributed by atoms with Crippen LogP contribution in [0.4, 0.5) is 0 Å². The fraction of sp³-hybridized carbons (Fsp3) is 0.167. The topological polar surface area (TPSA) is 81.1 Å². The van der Waals surface area contributed by atoms with Crippen LogP contribution in [0.3, 0.4) is 0 Å². The SMILES string of the molecule is NNC(=O)c1cc(CSCc2ccccc2)on1. The molecule has 1 amide bonds. The van der Waals surface area contributed by atoms with Crippen molar-refractivity contribution in [2.24, 2.45) is 5.84 Å². The predicted molar refractivity (Wildman–Crippen MR) is 69.6 cm³/mol. The minimum absolute atomic E-state index is 0.202. The summed E-state index contributed by atoms with van der Waals surface area (Å²) in [6.07, 6.45) is 0. The molecule has 0 saturated heterocycles. The molecule has 2 aromatic rings. The molecule has 3 N–H and O–H groups in total. The van der Waals surface area contributed by atoms with E-state index in [0.717, 1.165) is 5.75 Å². The third-order valence-corrected chi connectivity index (χ3v) is 3.30. The Morgan fingerprint density at radius 2 is 2.11 bits per heavy atom. The van der Waals surface area contributed by atoms with E-state index in [1.807, 2.05) is 23.6 Å². The number of aromatic nitrogens is 1. The molecule has 0 radical (unpaired) electrons. The molecule has 0 unspecified atom stereocenters. The lowest BCUT2D eigenvalue weighted by Crippen LogP contribution is -2.30. The zero-order valence-corrected chi connectivity index (χ0v) is 10.4. The number of hydrazine groups is 1. The molecule has 1 aromatic heterocycles. The van der Waals surface area contributed by atoms with E-state index in [1.165, 1.54) is 5.56 Å². The Balaban J connectivity index is 1.84. The highest BCUT2D eigenvalue weighted by atomic mass is 32.2. The van der Waals surface area contributed by atoms with Crippen LogP contribution in [0.1, 0.15) is 21.8 Å². The van der Waals surface area contributed by atoms with Gasteiger partial charge in [-0.3, -0.25) is 10.2 Å². The van der Waals surface area contributed by atoms with Crippen LogP contribution >= 0.6 is 11.8 Å². The van der Waals surface area contributed by atoms with E-state index < -0.39 is 5.91 Å². The number of nitrogen functional groups attached to an aromatic ring is 1. The Morgan fingerprint density at radius 3 is 2.83 bits per heavy atom. The molecule has 5 nitrogen and oxygen atoms in total. The fourth-order valence-electron chi connectivity index (χ4n) is 1.41. The van der Waals surface area contributed by atoms with Gasteiger partial charge in [0.2, 0.25) is 0 Å². The van der Waals surface area contributed by atoms with Gasteiger partial charge in [0, 0.05) is 11.8 Å². The molecule has 1 heterocycles. The number of carbonyl (C=O) groups excluding carboxylic acids is 1. The second-order valence-corrected chi connectivity index (χ2v) is 4.62. The Kier molecular flexibility index (Phi) is 4.38. The zero-order chi connectivity index (χ0) is 12.8. The summed E-state index contributed by atoms with van der Waals surface area (Å²) in [7, 11) is 0. The first kappa shape index (κ1) is 12.7. The second-order valence-electron chi connectivity index (χ2n) is 3.63. The summed E-state index contributed by atoms with van der Waals surface area (Å²) in [6.45, 7) is 0. The normalized spacial score (nSPS) is 10.3. The molecule has 0 aliphatic heterocycles. The van der Waals surface area contributed by atoms with Crippen LogP contribution in [-0.2, 0) is 11.5 Å². The van der Waals surface area contributed by atoms with E-state index >= 15 is 0 Å². The van der Waals surface area contributed by atoms with Gasteiger partial charge in [0.1, 0.15) is 5.76 Å². The molecule has 18 heavy (non-hydrogen) atoms. The third-order valence-electron chi connectivity index (χ3n) is 2.28. The summed E-state index contributed by atoms with van der Waals surface area (Å²) in [5.41, 5.74) is 3.46. The smallest absolute Gasteiger partial charge is 0.287 e. The number of nitrogens with zero attached hydrogens (tertiary/aromatic N) is 1. The van der Waals surface area contributed by atoms with Gasteiger partial charge in [-0.15, -0.1) is 11.8 Å². The molecule has 0 aliphatic rings. The Morgan fingerprint density at radius 1 is 1.33 bits per heavy atom. The quantitative estimate of drug-likeness (QED) is 0.487. The largest absolute Gasteiger partial charge is 0.360 e. The first-order valence-corrected chi connectivity index (χ1v) is 6.53. The van der Waals surface area contributed by atoms with Gasteiger partial charge in [-0.1, -0.05) is 35.5 Å². The van der Waals surface area contributed by atoms with Crippen LogP contribution in [0.25, 0.3) is 0 Å². The average Bonchev–Trinajstić information content (AvgIpc) is 2.88. The predicted octanol–water partition coefficient (Wildman–Crippen LogP) is 1.71. The first-order valence-electron chi connectivity index (χ1n) is 5.38. The van der Waals surface area contributed by atoms with Crippen molar-refractivity contribution in [3.8, 4) is 0 Å². The van der Waals surface area contributed by atoms with E-state index in [0.29, 0.717) is 11.5 Å². The summed E-state index contributed by atoms with van der Waals surface area (Å²) >= 11 is 1.70.